The number of methoxy groups -OCH3 is 1. The van der Waals surface area contributed by atoms with E-state index in [-0.39, 0.29) is 5.91 Å². The highest BCUT2D eigenvalue weighted by molar-refractivity contribution is 5.94. The topological polar surface area (TPSA) is 74.8 Å². The number of carbonyl (C=O) groups excluding carboxylic acids is 1. The molecule has 0 saturated carbocycles. The van der Waals surface area contributed by atoms with Gasteiger partial charge in [-0.3, -0.25) is 4.79 Å². The van der Waals surface area contributed by atoms with Crippen LogP contribution in [0.15, 0.2) is 59.6 Å². The van der Waals surface area contributed by atoms with E-state index in [2.05, 4.69) is 20.9 Å². The molecule has 0 aliphatic rings. The molecular weight excluding hydrogens is 328 g/mol. The molecule has 0 fully saturated rings. The number of hydrogen-bond donors (Lipinski definition) is 3. The first kappa shape index (κ1) is 19.3. The number of nitrogens with one attached hydrogen (secondary N) is 3. The van der Waals surface area contributed by atoms with E-state index >= 15 is 0 Å². The third-order valence-corrected chi connectivity index (χ3v) is 3.66. The molecule has 2 rings (SSSR count). The molecule has 0 heterocycles. The minimum absolute atomic E-state index is 0.0763. The van der Waals surface area contributed by atoms with Crippen LogP contribution in [0.1, 0.15) is 22.8 Å². The number of ether oxygens (including phenoxy) is 1. The van der Waals surface area contributed by atoms with Gasteiger partial charge in [0.25, 0.3) is 5.91 Å². The molecule has 3 N–H and O–H groups in total. The number of rotatable bonds is 8. The summed E-state index contributed by atoms with van der Waals surface area (Å²) in [6.45, 7) is 4.45. The summed E-state index contributed by atoms with van der Waals surface area (Å²) in [5, 5.41) is 9.30. The van der Waals surface area contributed by atoms with Crippen LogP contribution in [0.3, 0.4) is 0 Å². The van der Waals surface area contributed by atoms with Gasteiger partial charge in [-0.1, -0.05) is 30.3 Å². The summed E-state index contributed by atoms with van der Waals surface area (Å²) in [7, 11) is 1.65. The van der Waals surface area contributed by atoms with E-state index in [1.54, 1.807) is 19.2 Å². The van der Waals surface area contributed by atoms with Crippen molar-refractivity contribution in [2.75, 3.05) is 26.7 Å². The van der Waals surface area contributed by atoms with Crippen molar-refractivity contribution < 1.29 is 9.53 Å². The Morgan fingerprint density at radius 3 is 2.31 bits per heavy atom. The summed E-state index contributed by atoms with van der Waals surface area (Å²) in [5.74, 6) is 1.47. The highest BCUT2D eigenvalue weighted by atomic mass is 16.5. The normalized spacial score (nSPS) is 10.9. The Labute approximate surface area is 154 Å². The molecule has 0 unspecified atom stereocenters. The fourth-order valence-corrected chi connectivity index (χ4v) is 2.29. The van der Waals surface area contributed by atoms with Crippen LogP contribution in [0.25, 0.3) is 0 Å². The fourth-order valence-electron chi connectivity index (χ4n) is 2.29. The molecule has 0 saturated heterocycles. The lowest BCUT2D eigenvalue weighted by molar-refractivity contribution is 0.0954. The molecule has 0 spiro atoms. The summed E-state index contributed by atoms with van der Waals surface area (Å²) >= 11 is 0. The van der Waals surface area contributed by atoms with Crippen molar-refractivity contribution in [2.45, 2.75) is 13.5 Å². The second-order valence-electron chi connectivity index (χ2n) is 5.59. The van der Waals surface area contributed by atoms with Crippen molar-refractivity contribution in [1.82, 2.24) is 16.0 Å². The Bertz CT molecular complexity index is 700. The Morgan fingerprint density at radius 1 is 0.962 bits per heavy atom. The van der Waals surface area contributed by atoms with Gasteiger partial charge in [0.05, 0.1) is 13.7 Å². The molecule has 26 heavy (non-hydrogen) atoms. The quantitative estimate of drug-likeness (QED) is 0.386. The van der Waals surface area contributed by atoms with Crippen LogP contribution < -0.4 is 20.7 Å². The van der Waals surface area contributed by atoms with Crippen LogP contribution in [0, 0.1) is 0 Å². The highest BCUT2D eigenvalue weighted by Crippen LogP contribution is 2.11. The SMILES string of the molecule is CCNC(=NCc1ccc(OC)cc1)NCCNC(=O)c1ccccc1. The van der Waals surface area contributed by atoms with E-state index in [9.17, 15) is 4.79 Å². The molecule has 6 nitrogen and oxygen atoms in total. The van der Waals surface area contributed by atoms with Gasteiger partial charge in [0, 0.05) is 25.2 Å². The molecule has 0 aliphatic carbocycles. The van der Waals surface area contributed by atoms with Crippen LogP contribution in [0.2, 0.25) is 0 Å². The Morgan fingerprint density at radius 2 is 1.65 bits per heavy atom. The molecule has 138 valence electrons. The third kappa shape index (κ3) is 6.47. The van der Waals surface area contributed by atoms with Crippen LogP contribution >= 0.6 is 0 Å². The average molecular weight is 354 g/mol. The molecule has 6 heteroatoms. The largest absolute Gasteiger partial charge is 0.497 e. The van der Waals surface area contributed by atoms with E-state index in [1.807, 2.05) is 49.4 Å². The van der Waals surface area contributed by atoms with Crippen molar-refractivity contribution >= 4 is 11.9 Å². The first-order valence-corrected chi connectivity index (χ1v) is 8.71. The summed E-state index contributed by atoms with van der Waals surface area (Å²) < 4.78 is 5.16. The molecule has 0 radical (unpaired) electrons. The van der Waals surface area contributed by atoms with Crippen molar-refractivity contribution in [2.24, 2.45) is 4.99 Å². The first-order valence-electron chi connectivity index (χ1n) is 8.71. The predicted octanol–water partition coefficient (Wildman–Crippen LogP) is 2.18. The Kier molecular flexibility index (Phi) is 7.99. The molecule has 0 atom stereocenters. The minimum Gasteiger partial charge on any atom is -0.497 e. The zero-order valence-corrected chi connectivity index (χ0v) is 15.3. The third-order valence-electron chi connectivity index (χ3n) is 3.66. The second kappa shape index (κ2) is 10.8. The zero-order chi connectivity index (χ0) is 18.6. The summed E-state index contributed by atoms with van der Waals surface area (Å²) in [4.78, 5) is 16.5. The van der Waals surface area contributed by atoms with Gasteiger partial charge in [-0.25, -0.2) is 4.99 Å². The van der Waals surface area contributed by atoms with Gasteiger partial charge in [0.1, 0.15) is 5.75 Å². The van der Waals surface area contributed by atoms with E-state index in [0.29, 0.717) is 25.2 Å². The van der Waals surface area contributed by atoms with Gasteiger partial charge in [-0.05, 0) is 36.8 Å². The number of amides is 1. The van der Waals surface area contributed by atoms with E-state index < -0.39 is 0 Å². The van der Waals surface area contributed by atoms with Crippen molar-refractivity contribution in [1.29, 1.82) is 0 Å². The van der Waals surface area contributed by atoms with Gasteiger partial charge in [0.2, 0.25) is 0 Å². The predicted molar refractivity (Wildman–Crippen MR) is 105 cm³/mol. The van der Waals surface area contributed by atoms with Crippen LogP contribution in [0.5, 0.6) is 5.75 Å². The lowest BCUT2D eigenvalue weighted by Gasteiger charge is -2.12. The number of guanidine groups is 1. The number of carbonyl (C=O) groups is 1. The molecule has 2 aromatic carbocycles. The van der Waals surface area contributed by atoms with Crippen molar-refractivity contribution in [3.63, 3.8) is 0 Å². The van der Waals surface area contributed by atoms with E-state index in [1.165, 1.54) is 0 Å². The fraction of sp³-hybridized carbons (Fsp3) is 0.300. The first-order chi connectivity index (χ1) is 12.7. The van der Waals surface area contributed by atoms with E-state index in [0.717, 1.165) is 23.8 Å². The standard InChI is InChI=1S/C20H26N4O2/c1-3-21-20(24-15-16-9-11-18(26-2)12-10-16)23-14-13-22-19(25)17-7-5-4-6-8-17/h4-12H,3,13-15H2,1-2H3,(H,22,25)(H2,21,23,24). The monoisotopic (exact) mass is 354 g/mol. The number of aliphatic imine (C=N–C) groups is 1. The van der Waals surface area contributed by atoms with Gasteiger partial charge in [-0.15, -0.1) is 0 Å². The van der Waals surface area contributed by atoms with Gasteiger partial charge < -0.3 is 20.7 Å². The Hall–Kier alpha value is -3.02. The molecule has 2 aromatic rings. The van der Waals surface area contributed by atoms with Crippen LogP contribution in [-0.4, -0.2) is 38.6 Å². The number of benzene rings is 2. The number of nitrogens with zero attached hydrogens (tertiary/aromatic N) is 1. The second-order valence-corrected chi connectivity index (χ2v) is 5.59. The minimum atomic E-state index is -0.0763. The lowest BCUT2D eigenvalue weighted by atomic mass is 10.2. The molecule has 1 amide bonds. The maximum atomic E-state index is 12.0. The zero-order valence-electron chi connectivity index (χ0n) is 15.3. The molecule has 0 bridgehead atoms. The maximum absolute atomic E-state index is 12.0. The summed E-state index contributed by atoms with van der Waals surface area (Å²) in [6.07, 6.45) is 0. The summed E-state index contributed by atoms with van der Waals surface area (Å²) in [5.41, 5.74) is 1.76. The number of hydrogen-bond acceptors (Lipinski definition) is 3. The van der Waals surface area contributed by atoms with E-state index in [4.69, 9.17) is 4.74 Å². The molecule has 0 aliphatic heterocycles. The van der Waals surface area contributed by atoms with Crippen LogP contribution in [-0.2, 0) is 6.54 Å². The highest BCUT2D eigenvalue weighted by Gasteiger charge is 2.03. The van der Waals surface area contributed by atoms with Crippen molar-refractivity contribution in [3.05, 3.63) is 65.7 Å². The van der Waals surface area contributed by atoms with Gasteiger partial charge in [-0.2, -0.15) is 0 Å². The lowest BCUT2D eigenvalue weighted by Crippen LogP contribution is -2.41. The average Bonchev–Trinajstić information content (AvgIpc) is 2.70. The Balaban J connectivity index is 1.78. The maximum Gasteiger partial charge on any atom is 0.251 e. The van der Waals surface area contributed by atoms with Crippen LogP contribution in [0.4, 0.5) is 0 Å². The van der Waals surface area contributed by atoms with Gasteiger partial charge >= 0.3 is 0 Å². The molecule has 0 aromatic heterocycles. The molecular formula is C20H26N4O2. The smallest absolute Gasteiger partial charge is 0.251 e. The van der Waals surface area contributed by atoms with Gasteiger partial charge in [0.15, 0.2) is 5.96 Å². The summed E-state index contributed by atoms with van der Waals surface area (Å²) in [6, 6.07) is 17.0. The van der Waals surface area contributed by atoms with Crippen molar-refractivity contribution in [3.8, 4) is 5.75 Å².